The van der Waals surface area contributed by atoms with Crippen LogP contribution in [0.5, 0.6) is 5.88 Å². The molecule has 4 rings (SSSR count). The van der Waals surface area contributed by atoms with E-state index in [1.54, 1.807) is 0 Å². The lowest BCUT2D eigenvalue weighted by Gasteiger charge is -2.35. The van der Waals surface area contributed by atoms with E-state index in [0.29, 0.717) is 36.4 Å². The van der Waals surface area contributed by atoms with Crippen molar-refractivity contribution in [2.24, 2.45) is 0 Å². The number of fused-ring (bicyclic) bond motifs is 2. The van der Waals surface area contributed by atoms with Gasteiger partial charge in [0.2, 0.25) is 11.8 Å². The van der Waals surface area contributed by atoms with Gasteiger partial charge in [0.05, 0.1) is 16.0 Å². The van der Waals surface area contributed by atoms with Crippen LogP contribution in [-0.2, 0) is 10.2 Å². The molecular formula is C19H15Cl2FN2O4. The van der Waals surface area contributed by atoms with Crippen molar-refractivity contribution in [3.63, 3.8) is 0 Å². The van der Waals surface area contributed by atoms with E-state index in [0.717, 1.165) is 0 Å². The van der Waals surface area contributed by atoms with Crippen molar-refractivity contribution in [2.45, 2.75) is 37.2 Å². The molecule has 2 N–H and O–H groups in total. The lowest BCUT2D eigenvalue weighted by Crippen LogP contribution is -2.41. The Bertz CT molecular complexity index is 990. The van der Waals surface area contributed by atoms with Crippen LogP contribution in [0, 0.1) is 5.82 Å². The number of halogens is 3. The summed E-state index contributed by atoms with van der Waals surface area (Å²) in [5.74, 6) is -2.28. The minimum atomic E-state index is -1.37. The second-order valence-electron chi connectivity index (χ2n) is 6.95. The molecule has 2 aromatic rings. The molecule has 2 heterocycles. The number of carbonyl (C=O) groups excluding carboxylic acids is 1. The van der Waals surface area contributed by atoms with E-state index >= 15 is 0 Å². The number of amides is 1. The minimum Gasteiger partial charge on any atom is -0.478 e. The van der Waals surface area contributed by atoms with Gasteiger partial charge in [0.15, 0.2) is 0 Å². The molecule has 9 heteroatoms. The zero-order chi connectivity index (χ0) is 20.1. The zero-order valence-electron chi connectivity index (χ0n) is 14.5. The van der Waals surface area contributed by atoms with Gasteiger partial charge in [-0.2, -0.15) is 0 Å². The Kier molecular flexibility index (Phi) is 4.67. The summed E-state index contributed by atoms with van der Waals surface area (Å²) in [4.78, 5) is 28.0. The van der Waals surface area contributed by atoms with Gasteiger partial charge < -0.3 is 15.2 Å². The van der Waals surface area contributed by atoms with Crippen molar-refractivity contribution in [2.75, 3.05) is 5.32 Å². The molecule has 1 aliphatic heterocycles. The number of nitrogens with one attached hydrogen (secondary N) is 1. The van der Waals surface area contributed by atoms with Gasteiger partial charge in [-0.1, -0.05) is 23.2 Å². The smallest absolute Gasteiger partial charge is 0.338 e. The molecule has 0 radical (unpaired) electrons. The van der Waals surface area contributed by atoms with Crippen LogP contribution < -0.4 is 10.1 Å². The van der Waals surface area contributed by atoms with Gasteiger partial charge >= 0.3 is 5.97 Å². The van der Waals surface area contributed by atoms with Crippen molar-refractivity contribution >= 4 is 40.8 Å². The van der Waals surface area contributed by atoms with Gasteiger partial charge in [-0.3, -0.25) is 4.79 Å². The molecule has 1 aromatic heterocycles. The highest BCUT2D eigenvalue weighted by molar-refractivity contribution is 6.35. The first-order valence-corrected chi connectivity index (χ1v) is 9.43. The quantitative estimate of drug-likeness (QED) is 0.760. The Morgan fingerprint density at radius 2 is 2.04 bits per heavy atom. The number of ether oxygens (including phenoxy) is 1. The highest BCUT2D eigenvalue weighted by atomic mass is 35.5. The van der Waals surface area contributed by atoms with Gasteiger partial charge in [-0.05, 0) is 43.9 Å². The Labute approximate surface area is 169 Å². The predicted octanol–water partition coefficient (Wildman–Crippen LogP) is 4.44. The summed E-state index contributed by atoms with van der Waals surface area (Å²) in [5, 5.41) is 12.6. The molecule has 1 aromatic carbocycles. The predicted molar refractivity (Wildman–Crippen MR) is 101 cm³/mol. The van der Waals surface area contributed by atoms with Gasteiger partial charge in [0.1, 0.15) is 16.9 Å². The largest absolute Gasteiger partial charge is 0.478 e. The molecule has 6 nitrogen and oxygen atoms in total. The van der Waals surface area contributed by atoms with Crippen molar-refractivity contribution < 1.29 is 23.8 Å². The van der Waals surface area contributed by atoms with Crippen LogP contribution in [0.25, 0.3) is 0 Å². The maximum Gasteiger partial charge on any atom is 0.338 e. The van der Waals surface area contributed by atoms with Crippen LogP contribution in [0.4, 0.5) is 10.1 Å². The number of rotatable bonds is 3. The minimum absolute atomic E-state index is 0.138. The highest BCUT2D eigenvalue weighted by Gasteiger charge is 2.51. The van der Waals surface area contributed by atoms with Crippen LogP contribution >= 0.6 is 23.2 Å². The molecule has 0 bridgehead atoms. The third-order valence-electron chi connectivity index (χ3n) is 5.37. The summed E-state index contributed by atoms with van der Waals surface area (Å²) < 4.78 is 20.8. The summed E-state index contributed by atoms with van der Waals surface area (Å²) in [7, 11) is 0. The average Bonchev–Trinajstić information content (AvgIpc) is 2.91. The Balaban J connectivity index is 1.58. The van der Waals surface area contributed by atoms with E-state index in [1.807, 2.05) is 0 Å². The fraction of sp³-hybridized carbons (Fsp3) is 0.316. The van der Waals surface area contributed by atoms with Crippen molar-refractivity contribution in [1.82, 2.24) is 4.98 Å². The first kappa shape index (κ1) is 19.0. The summed E-state index contributed by atoms with van der Waals surface area (Å²) in [6.07, 6.45) is 2.74. The Morgan fingerprint density at radius 1 is 1.32 bits per heavy atom. The molecule has 28 heavy (non-hydrogen) atoms. The number of benzene rings is 1. The van der Waals surface area contributed by atoms with Crippen molar-refractivity contribution in [3.05, 3.63) is 51.4 Å². The first-order valence-electron chi connectivity index (χ1n) is 8.67. The summed E-state index contributed by atoms with van der Waals surface area (Å²) in [5.41, 5.74) is -1.07. The van der Waals surface area contributed by atoms with Crippen LogP contribution in [0.1, 0.15) is 41.6 Å². The number of anilines is 1. The van der Waals surface area contributed by atoms with E-state index in [1.165, 1.54) is 24.4 Å². The molecule has 1 spiro atoms. The third-order valence-corrected chi connectivity index (χ3v) is 5.85. The van der Waals surface area contributed by atoms with E-state index in [4.69, 9.17) is 27.9 Å². The molecule has 0 atom stereocenters. The Hall–Kier alpha value is -2.38. The number of carboxylic acid groups (broad SMARTS) is 1. The topological polar surface area (TPSA) is 88.5 Å². The molecule has 0 saturated heterocycles. The highest BCUT2D eigenvalue weighted by Crippen LogP contribution is 2.49. The van der Waals surface area contributed by atoms with Crippen LogP contribution in [0.15, 0.2) is 24.4 Å². The normalized spacial score (nSPS) is 23.4. The number of aromatic carboxylic acids is 1. The molecule has 1 saturated carbocycles. The number of hydrogen-bond donors (Lipinski definition) is 2. The van der Waals surface area contributed by atoms with E-state index in [2.05, 4.69) is 10.3 Å². The molecule has 0 unspecified atom stereocenters. The maximum atomic E-state index is 14.9. The summed E-state index contributed by atoms with van der Waals surface area (Å²) >= 11 is 11.9. The van der Waals surface area contributed by atoms with Gasteiger partial charge in [-0.25, -0.2) is 14.2 Å². The van der Waals surface area contributed by atoms with E-state index in [9.17, 15) is 19.1 Å². The molecule has 1 aliphatic carbocycles. The number of carboxylic acids is 1. The monoisotopic (exact) mass is 424 g/mol. The van der Waals surface area contributed by atoms with Crippen LogP contribution in [0.2, 0.25) is 10.0 Å². The second kappa shape index (κ2) is 6.90. The van der Waals surface area contributed by atoms with Gasteiger partial charge in [0.25, 0.3) is 0 Å². The number of hydrogen-bond acceptors (Lipinski definition) is 4. The lowest BCUT2D eigenvalue weighted by atomic mass is 9.69. The van der Waals surface area contributed by atoms with Crippen LogP contribution in [-0.4, -0.2) is 28.1 Å². The van der Waals surface area contributed by atoms with Crippen molar-refractivity contribution in [3.8, 4) is 5.88 Å². The van der Waals surface area contributed by atoms with Crippen LogP contribution in [0.3, 0.4) is 0 Å². The molecule has 1 amide bonds. The fourth-order valence-electron chi connectivity index (χ4n) is 3.99. The molecule has 1 fully saturated rings. The lowest BCUT2D eigenvalue weighted by molar-refractivity contribution is -0.122. The summed E-state index contributed by atoms with van der Waals surface area (Å²) in [6, 6.07) is 4.13. The zero-order valence-corrected chi connectivity index (χ0v) is 16.0. The second-order valence-corrected chi connectivity index (χ2v) is 7.79. The van der Waals surface area contributed by atoms with E-state index < -0.39 is 22.8 Å². The maximum absolute atomic E-state index is 14.9. The number of aromatic nitrogens is 1. The molecule has 2 aliphatic rings. The third kappa shape index (κ3) is 2.99. The fourth-order valence-corrected chi connectivity index (χ4v) is 4.42. The number of carbonyl (C=O) groups is 2. The SMILES string of the molecule is O=C(O)c1ccc2c(c1F)C1(CCC(Oc3ncc(Cl)cc3Cl)CC1)C(=O)N2. The Morgan fingerprint density at radius 3 is 2.68 bits per heavy atom. The average molecular weight is 425 g/mol. The van der Waals surface area contributed by atoms with Gasteiger partial charge in [-0.15, -0.1) is 0 Å². The standard InChI is InChI=1S/C19H15Cl2FN2O4/c20-9-7-12(21)16(23-8-9)28-10-3-5-19(6-4-10)14-13(24-18(19)27)2-1-11(15(14)22)17(25)26/h1-2,7-8,10H,3-6H2,(H,24,27)(H,25,26). The van der Waals surface area contributed by atoms with Crippen molar-refractivity contribution in [1.29, 1.82) is 0 Å². The first-order chi connectivity index (χ1) is 13.3. The number of pyridine rings is 1. The van der Waals surface area contributed by atoms with E-state index in [-0.39, 0.29) is 28.5 Å². The number of nitrogens with zero attached hydrogens (tertiary/aromatic N) is 1. The summed E-state index contributed by atoms with van der Waals surface area (Å²) in [6.45, 7) is 0. The molecule has 146 valence electrons. The van der Waals surface area contributed by atoms with Gasteiger partial charge in [0, 0.05) is 17.4 Å². The molecular weight excluding hydrogens is 410 g/mol.